The van der Waals surface area contributed by atoms with E-state index in [1.54, 1.807) is 12.1 Å². The summed E-state index contributed by atoms with van der Waals surface area (Å²) in [6.45, 7) is 7.63. The first-order valence-electron chi connectivity index (χ1n) is 7.41. The van der Waals surface area contributed by atoms with Crippen molar-refractivity contribution >= 4 is 0 Å². The second-order valence-corrected chi connectivity index (χ2v) is 5.53. The molecule has 1 aromatic carbocycles. The highest BCUT2D eigenvalue weighted by Crippen LogP contribution is 2.14. The summed E-state index contributed by atoms with van der Waals surface area (Å²) in [6.07, 6.45) is 3.33. The second-order valence-electron chi connectivity index (χ2n) is 5.53. The molecule has 0 amide bonds. The molecule has 0 bridgehead atoms. The summed E-state index contributed by atoms with van der Waals surface area (Å²) in [6, 6.07) is 8.11. The van der Waals surface area contributed by atoms with Crippen LogP contribution in [0.25, 0.3) is 0 Å². The Balaban J connectivity index is 1.92. The molecule has 0 saturated carbocycles. The maximum Gasteiger partial charge on any atom is 0.126 e. The monoisotopic (exact) mass is 264 g/mol. The average molecular weight is 264 g/mol. The lowest BCUT2D eigenvalue weighted by atomic mass is 10.0. The van der Waals surface area contributed by atoms with E-state index < -0.39 is 0 Å². The molecule has 0 radical (unpaired) electrons. The van der Waals surface area contributed by atoms with E-state index in [0.29, 0.717) is 12.1 Å². The van der Waals surface area contributed by atoms with Crippen molar-refractivity contribution in [1.29, 1.82) is 0 Å². The summed E-state index contributed by atoms with van der Waals surface area (Å²) in [5.41, 5.74) is 0.827. The van der Waals surface area contributed by atoms with Crippen molar-refractivity contribution in [1.82, 2.24) is 10.2 Å². The normalized spacial score (nSPS) is 20.9. The van der Waals surface area contributed by atoms with Gasteiger partial charge in [-0.05, 0) is 50.9 Å². The van der Waals surface area contributed by atoms with Crippen LogP contribution in [0.15, 0.2) is 24.3 Å². The van der Waals surface area contributed by atoms with Gasteiger partial charge >= 0.3 is 0 Å². The molecule has 2 atom stereocenters. The number of rotatable bonds is 6. The first kappa shape index (κ1) is 14.5. The summed E-state index contributed by atoms with van der Waals surface area (Å²) < 4.78 is 13.7. The Kier molecular flexibility index (Phi) is 5.34. The Bertz CT molecular complexity index is 388. The zero-order valence-corrected chi connectivity index (χ0v) is 12.0. The molecular formula is C16H25FN2. The molecule has 1 aliphatic heterocycles. The van der Waals surface area contributed by atoms with Crippen molar-refractivity contribution in [2.24, 2.45) is 0 Å². The van der Waals surface area contributed by atoms with Crippen molar-refractivity contribution in [3.05, 3.63) is 35.6 Å². The molecule has 3 heteroatoms. The summed E-state index contributed by atoms with van der Waals surface area (Å²) in [5, 5.41) is 3.54. The summed E-state index contributed by atoms with van der Waals surface area (Å²) in [7, 11) is 0. The van der Waals surface area contributed by atoms with Crippen LogP contribution in [0.4, 0.5) is 4.39 Å². The van der Waals surface area contributed by atoms with Crippen molar-refractivity contribution in [3.63, 3.8) is 0 Å². The third kappa shape index (κ3) is 4.02. The third-order valence-electron chi connectivity index (χ3n) is 4.12. The third-order valence-corrected chi connectivity index (χ3v) is 4.12. The highest BCUT2D eigenvalue weighted by molar-refractivity contribution is 5.18. The maximum absolute atomic E-state index is 13.7. The minimum Gasteiger partial charge on any atom is -0.313 e. The molecule has 106 valence electrons. The first-order chi connectivity index (χ1) is 9.20. The van der Waals surface area contributed by atoms with E-state index in [9.17, 15) is 4.39 Å². The zero-order chi connectivity index (χ0) is 13.7. The highest BCUT2D eigenvalue weighted by atomic mass is 19.1. The summed E-state index contributed by atoms with van der Waals surface area (Å²) in [4.78, 5) is 2.45. The molecule has 1 saturated heterocycles. The van der Waals surface area contributed by atoms with Gasteiger partial charge in [-0.1, -0.05) is 25.1 Å². The predicted molar refractivity (Wildman–Crippen MR) is 77.8 cm³/mol. The molecule has 2 unspecified atom stereocenters. The Labute approximate surface area is 116 Å². The zero-order valence-electron chi connectivity index (χ0n) is 12.0. The van der Waals surface area contributed by atoms with E-state index >= 15 is 0 Å². The van der Waals surface area contributed by atoms with E-state index in [-0.39, 0.29) is 5.82 Å². The minimum atomic E-state index is -0.0793. The summed E-state index contributed by atoms with van der Waals surface area (Å²) in [5.74, 6) is -0.0793. The van der Waals surface area contributed by atoms with Gasteiger partial charge in [0.25, 0.3) is 0 Å². The van der Waals surface area contributed by atoms with Gasteiger partial charge in [-0.15, -0.1) is 0 Å². The van der Waals surface area contributed by atoms with Gasteiger partial charge in [-0.2, -0.15) is 0 Å². The number of hydrogen-bond donors (Lipinski definition) is 1. The first-order valence-corrected chi connectivity index (χ1v) is 7.41. The van der Waals surface area contributed by atoms with Crippen LogP contribution in [0.1, 0.15) is 32.3 Å². The SMILES string of the molecule is CCN(CC1CCCN1)C(C)Cc1ccccc1F. The Morgan fingerprint density at radius 3 is 2.84 bits per heavy atom. The predicted octanol–water partition coefficient (Wildman–Crippen LogP) is 2.83. The van der Waals surface area contributed by atoms with Crippen LogP contribution >= 0.6 is 0 Å². The topological polar surface area (TPSA) is 15.3 Å². The highest BCUT2D eigenvalue weighted by Gasteiger charge is 2.21. The number of hydrogen-bond acceptors (Lipinski definition) is 2. The van der Waals surface area contributed by atoms with Gasteiger partial charge in [0.05, 0.1) is 0 Å². The fourth-order valence-corrected chi connectivity index (χ4v) is 2.93. The van der Waals surface area contributed by atoms with E-state index in [1.807, 2.05) is 12.1 Å². The molecule has 0 aromatic heterocycles. The number of likely N-dealkylation sites (N-methyl/N-ethyl adjacent to an activating group) is 1. The lowest BCUT2D eigenvalue weighted by Gasteiger charge is -2.30. The van der Waals surface area contributed by atoms with Crippen LogP contribution < -0.4 is 5.32 Å². The van der Waals surface area contributed by atoms with E-state index in [0.717, 1.165) is 31.6 Å². The molecule has 0 aliphatic carbocycles. The van der Waals surface area contributed by atoms with Crippen molar-refractivity contribution < 1.29 is 4.39 Å². The van der Waals surface area contributed by atoms with Crippen LogP contribution in [0, 0.1) is 5.82 Å². The standard InChI is InChI=1S/C16H25FN2/c1-3-19(12-15-8-6-10-18-15)13(2)11-14-7-4-5-9-16(14)17/h4-5,7,9,13,15,18H,3,6,8,10-12H2,1-2H3. The van der Waals surface area contributed by atoms with Gasteiger partial charge in [0.2, 0.25) is 0 Å². The molecule has 1 aromatic rings. The van der Waals surface area contributed by atoms with E-state index in [4.69, 9.17) is 0 Å². The second kappa shape index (κ2) is 7.01. The number of nitrogens with one attached hydrogen (secondary N) is 1. The average Bonchev–Trinajstić information content (AvgIpc) is 2.91. The van der Waals surface area contributed by atoms with Crippen LogP contribution in [-0.2, 0) is 6.42 Å². The Morgan fingerprint density at radius 2 is 2.21 bits per heavy atom. The van der Waals surface area contributed by atoms with Gasteiger partial charge in [-0.25, -0.2) is 4.39 Å². The smallest absolute Gasteiger partial charge is 0.126 e. The lowest BCUT2D eigenvalue weighted by molar-refractivity contribution is 0.199. The maximum atomic E-state index is 13.7. The molecule has 1 aliphatic rings. The minimum absolute atomic E-state index is 0.0793. The van der Waals surface area contributed by atoms with Crippen molar-refractivity contribution in [3.8, 4) is 0 Å². The number of benzene rings is 1. The molecule has 1 fully saturated rings. The fraction of sp³-hybridized carbons (Fsp3) is 0.625. The Hall–Kier alpha value is -0.930. The summed E-state index contributed by atoms with van der Waals surface area (Å²) >= 11 is 0. The molecule has 1 heterocycles. The van der Waals surface area contributed by atoms with Crippen molar-refractivity contribution in [2.75, 3.05) is 19.6 Å². The molecule has 0 spiro atoms. The van der Waals surface area contributed by atoms with Crippen LogP contribution in [0.2, 0.25) is 0 Å². The molecule has 2 nitrogen and oxygen atoms in total. The largest absolute Gasteiger partial charge is 0.313 e. The van der Waals surface area contributed by atoms with E-state index in [2.05, 4.69) is 24.1 Å². The van der Waals surface area contributed by atoms with Gasteiger partial charge in [0, 0.05) is 18.6 Å². The number of halogens is 1. The number of nitrogens with zero attached hydrogens (tertiary/aromatic N) is 1. The van der Waals surface area contributed by atoms with Crippen LogP contribution in [-0.4, -0.2) is 36.6 Å². The van der Waals surface area contributed by atoms with Gasteiger partial charge < -0.3 is 5.32 Å². The Morgan fingerprint density at radius 1 is 1.42 bits per heavy atom. The van der Waals surface area contributed by atoms with Gasteiger partial charge in [0.1, 0.15) is 5.82 Å². The molecule has 19 heavy (non-hydrogen) atoms. The van der Waals surface area contributed by atoms with Gasteiger partial charge in [-0.3, -0.25) is 4.90 Å². The molecule has 2 rings (SSSR count). The van der Waals surface area contributed by atoms with E-state index in [1.165, 1.54) is 12.8 Å². The van der Waals surface area contributed by atoms with Gasteiger partial charge in [0.15, 0.2) is 0 Å². The van der Waals surface area contributed by atoms with Crippen LogP contribution in [0.3, 0.4) is 0 Å². The lowest BCUT2D eigenvalue weighted by Crippen LogP contribution is -2.43. The van der Waals surface area contributed by atoms with Crippen LogP contribution in [0.5, 0.6) is 0 Å². The molecular weight excluding hydrogens is 239 g/mol. The molecule has 1 N–H and O–H groups in total. The quantitative estimate of drug-likeness (QED) is 0.850. The fourth-order valence-electron chi connectivity index (χ4n) is 2.93. The van der Waals surface area contributed by atoms with Crippen molar-refractivity contribution in [2.45, 2.75) is 45.2 Å².